The minimum Gasteiger partial charge on any atom is -0.504 e. The standard InChI is InChI=1S/C29H28N2O6.2C2H6/c1-3-15-11-14(2)23-24(15)28(34)31(27(23)33)20-6-4-5-16-7-9-18(30-25(16)20)13-22-26(32)19-10-8-17(29(35)36)12-21(19)37-22;2*1-2/h4-7,9,12,14-15,23-24,32H,3,8,10-11,13H2,1-2H3,(H,35,36);2*1-2H3. The molecule has 2 amide bonds. The van der Waals surface area contributed by atoms with Crippen LogP contribution in [0.15, 0.2) is 40.3 Å². The number of nitrogens with zero attached hydrogens (tertiary/aromatic N) is 2. The van der Waals surface area contributed by atoms with Crippen LogP contribution in [0.25, 0.3) is 17.0 Å². The second-order valence-corrected chi connectivity index (χ2v) is 10.5. The molecule has 8 heteroatoms. The van der Waals surface area contributed by atoms with Crippen LogP contribution >= 0.6 is 0 Å². The van der Waals surface area contributed by atoms with E-state index in [4.69, 9.17) is 9.40 Å². The van der Waals surface area contributed by atoms with Gasteiger partial charge in [-0.15, -0.1) is 0 Å². The molecule has 3 aromatic rings. The summed E-state index contributed by atoms with van der Waals surface area (Å²) >= 11 is 0. The maximum atomic E-state index is 13.5. The number of benzene rings is 1. The molecule has 6 rings (SSSR count). The van der Waals surface area contributed by atoms with Crippen LogP contribution in [0.1, 0.15) is 83.6 Å². The molecule has 1 saturated heterocycles. The smallest absolute Gasteiger partial charge is 0.331 e. The van der Waals surface area contributed by atoms with Gasteiger partial charge < -0.3 is 14.6 Å². The Kier molecular flexibility index (Phi) is 9.00. The molecule has 2 fully saturated rings. The van der Waals surface area contributed by atoms with Gasteiger partial charge in [0, 0.05) is 22.2 Å². The maximum Gasteiger partial charge on any atom is 0.331 e. The lowest BCUT2D eigenvalue weighted by molar-refractivity contribution is -0.132. The highest BCUT2D eigenvalue weighted by molar-refractivity contribution is 6.25. The Morgan fingerprint density at radius 1 is 1.05 bits per heavy atom. The summed E-state index contributed by atoms with van der Waals surface area (Å²) in [7, 11) is 0. The third kappa shape index (κ3) is 5.16. The molecule has 2 aromatic heterocycles. The van der Waals surface area contributed by atoms with Gasteiger partial charge in [0.15, 0.2) is 11.5 Å². The number of imide groups is 1. The lowest BCUT2D eigenvalue weighted by Crippen LogP contribution is -2.33. The van der Waals surface area contributed by atoms with Crippen LogP contribution in [0.5, 0.6) is 5.75 Å². The van der Waals surface area contributed by atoms with Crippen molar-refractivity contribution in [3.8, 4) is 5.75 Å². The van der Waals surface area contributed by atoms with Gasteiger partial charge in [0.25, 0.3) is 0 Å². The Labute approximate surface area is 241 Å². The van der Waals surface area contributed by atoms with Crippen LogP contribution in [-0.2, 0) is 27.2 Å². The average Bonchev–Trinajstić information content (AvgIpc) is 3.59. The fraction of sp³-hybridized carbons (Fsp3) is 0.455. The molecule has 1 saturated carbocycles. The van der Waals surface area contributed by atoms with Crippen LogP contribution in [0, 0.1) is 23.7 Å². The molecule has 2 aliphatic carbocycles. The molecule has 1 aromatic carbocycles. The monoisotopic (exact) mass is 560 g/mol. The number of furan rings is 1. The number of aromatic nitrogens is 1. The molecule has 4 atom stereocenters. The molecule has 8 nitrogen and oxygen atoms in total. The van der Waals surface area contributed by atoms with Crippen molar-refractivity contribution in [2.24, 2.45) is 23.7 Å². The van der Waals surface area contributed by atoms with Crippen LogP contribution in [0.3, 0.4) is 0 Å². The highest BCUT2D eigenvalue weighted by Crippen LogP contribution is 2.50. The van der Waals surface area contributed by atoms with E-state index in [0.29, 0.717) is 46.8 Å². The lowest BCUT2D eigenvalue weighted by Gasteiger charge is -2.20. The number of aromatic hydroxyl groups is 1. The SMILES string of the molecule is CC.CC.CCC1CC(C)C2C(=O)N(c3cccc4ccc(Cc5oc6c(c5O)CCC(C(=O)O)=C6)nc34)C(=O)C12. The summed E-state index contributed by atoms with van der Waals surface area (Å²) in [4.78, 5) is 44.5. The summed E-state index contributed by atoms with van der Waals surface area (Å²) in [5, 5.41) is 20.8. The number of pyridine rings is 1. The summed E-state index contributed by atoms with van der Waals surface area (Å²) < 4.78 is 5.84. The van der Waals surface area contributed by atoms with Crippen molar-refractivity contribution in [2.75, 3.05) is 4.90 Å². The number of carbonyl (C=O) groups is 3. The van der Waals surface area contributed by atoms with Gasteiger partial charge in [-0.3, -0.25) is 14.6 Å². The zero-order valence-electron chi connectivity index (χ0n) is 24.7. The van der Waals surface area contributed by atoms with Crippen molar-refractivity contribution in [1.29, 1.82) is 0 Å². The molecule has 0 radical (unpaired) electrons. The maximum absolute atomic E-state index is 13.5. The minimum atomic E-state index is -0.999. The molecule has 2 N–H and O–H groups in total. The summed E-state index contributed by atoms with van der Waals surface area (Å²) in [5.41, 5.74) is 2.48. The van der Waals surface area contributed by atoms with Gasteiger partial charge in [-0.2, -0.15) is 0 Å². The van der Waals surface area contributed by atoms with Crippen molar-refractivity contribution in [3.63, 3.8) is 0 Å². The van der Waals surface area contributed by atoms with Gasteiger partial charge >= 0.3 is 5.97 Å². The van der Waals surface area contributed by atoms with Crippen molar-refractivity contribution in [3.05, 3.63) is 58.7 Å². The average molecular weight is 561 g/mol. The van der Waals surface area contributed by atoms with Crippen LogP contribution in [0.2, 0.25) is 0 Å². The van der Waals surface area contributed by atoms with E-state index in [2.05, 4.69) is 13.8 Å². The van der Waals surface area contributed by atoms with Crippen molar-refractivity contribution in [1.82, 2.24) is 4.98 Å². The number of hydrogen-bond donors (Lipinski definition) is 2. The van der Waals surface area contributed by atoms with E-state index < -0.39 is 5.97 Å². The second kappa shape index (κ2) is 12.3. The highest BCUT2D eigenvalue weighted by Gasteiger charge is 2.57. The zero-order valence-corrected chi connectivity index (χ0v) is 24.7. The first kappa shape index (κ1) is 30.0. The highest BCUT2D eigenvalue weighted by atomic mass is 16.4. The molecule has 3 heterocycles. The lowest BCUT2D eigenvalue weighted by atomic mass is 9.89. The molecule has 0 bridgehead atoms. The first-order valence-corrected chi connectivity index (χ1v) is 14.8. The summed E-state index contributed by atoms with van der Waals surface area (Å²) in [6.07, 6.45) is 4.12. The number of carboxylic acids is 1. The van der Waals surface area contributed by atoms with E-state index >= 15 is 0 Å². The molecule has 1 aliphatic heterocycles. The number of hydrogen-bond acceptors (Lipinski definition) is 6. The molecule has 0 spiro atoms. The van der Waals surface area contributed by atoms with E-state index in [1.807, 2.05) is 52.0 Å². The Morgan fingerprint density at radius 2 is 1.76 bits per heavy atom. The second-order valence-electron chi connectivity index (χ2n) is 10.5. The molecule has 41 heavy (non-hydrogen) atoms. The summed E-state index contributed by atoms with van der Waals surface area (Å²) in [5.74, 6) is -0.783. The number of anilines is 1. The third-order valence-corrected chi connectivity index (χ3v) is 8.36. The van der Waals surface area contributed by atoms with Crippen LogP contribution < -0.4 is 4.90 Å². The minimum absolute atomic E-state index is 0.0168. The van der Waals surface area contributed by atoms with Crippen molar-refractivity contribution in [2.45, 2.75) is 73.6 Å². The van der Waals surface area contributed by atoms with Crippen molar-refractivity contribution < 1.29 is 29.0 Å². The Balaban J connectivity index is 0.000000929. The van der Waals surface area contributed by atoms with Crippen LogP contribution in [0.4, 0.5) is 5.69 Å². The number of carboxylic acid groups (broad SMARTS) is 1. The zero-order chi connectivity index (χ0) is 30.0. The number of amides is 2. The van der Waals surface area contributed by atoms with Crippen LogP contribution in [-0.4, -0.2) is 33.0 Å². The van der Waals surface area contributed by atoms with Gasteiger partial charge in [-0.05, 0) is 49.3 Å². The first-order chi connectivity index (χ1) is 19.8. The first-order valence-electron chi connectivity index (χ1n) is 14.8. The number of rotatable bonds is 5. The van der Waals surface area contributed by atoms with Gasteiger partial charge in [-0.25, -0.2) is 9.69 Å². The normalized spacial score (nSPS) is 22.8. The number of carbonyl (C=O) groups excluding carboxylic acids is 2. The molecule has 218 valence electrons. The van der Waals surface area contributed by atoms with E-state index in [-0.39, 0.29) is 53.2 Å². The number of para-hydroxylation sites is 1. The molecule has 4 unspecified atom stereocenters. The predicted octanol–water partition coefficient (Wildman–Crippen LogP) is 6.76. The van der Waals surface area contributed by atoms with Gasteiger partial charge in [-0.1, -0.05) is 66.2 Å². The molecular weight excluding hydrogens is 520 g/mol. The van der Waals surface area contributed by atoms with Gasteiger partial charge in [0.05, 0.1) is 29.5 Å². The third-order valence-electron chi connectivity index (χ3n) is 8.36. The Morgan fingerprint density at radius 3 is 2.44 bits per heavy atom. The van der Waals surface area contributed by atoms with Crippen molar-refractivity contribution >= 4 is 40.4 Å². The van der Waals surface area contributed by atoms with Gasteiger partial charge in [0.2, 0.25) is 11.8 Å². The Bertz CT molecular complexity index is 1500. The summed E-state index contributed by atoms with van der Waals surface area (Å²) in [6, 6.07) is 9.19. The topological polar surface area (TPSA) is 121 Å². The quantitative estimate of drug-likeness (QED) is 0.331. The van der Waals surface area contributed by atoms with Gasteiger partial charge in [0.1, 0.15) is 5.76 Å². The Hall–Kier alpha value is -3.94. The predicted molar refractivity (Wildman–Crippen MR) is 159 cm³/mol. The number of fused-ring (bicyclic) bond motifs is 3. The molecule has 3 aliphatic rings. The fourth-order valence-electron chi connectivity index (χ4n) is 6.51. The molecular formula is C33H40N2O6. The van der Waals surface area contributed by atoms with E-state index in [9.17, 15) is 24.6 Å². The number of aliphatic carboxylic acids is 1. The van der Waals surface area contributed by atoms with E-state index in [1.165, 1.54) is 11.0 Å². The largest absolute Gasteiger partial charge is 0.504 e. The summed E-state index contributed by atoms with van der Waals surface area (Å²) in [6.45, 7) is 12.1. The van der Waals surface area contributed by atoms with E-state index in [0.717, 1.165) is 18.2 Å². The van der Waals surface area contributed by atoms with E-state index in [1.54, 1.807) is 6.07 Å². The fourth-order valence-corrected chi connectivity index (χ4v) is 6.51.